The first kappa shape index (κ1) is 13.7. The SMILES string of the molecule is Clc1sc(CNc2ccccc2-n2ccnc2)cc1Br. The summed E-state index contributed by atoms with van der Waals surface area (Å²) in [6.45, 7) is 0.738. The molecule has 0 aliphatic carbocycles. The normalized spacial score (nSPS) is 10.7. The van der Waals surface area contributed by atoms with Gasteiger partial charge in [0.05, 0.1) is 17.7 Å². The first-order valence-electron chi connectivity index (χ1n) is 5.99. The molecule has 0 saturated carbocycles. The summed E-state index contributed by atoms with van der Waals surface area (Å²) in [5, 5.41) is 3.44. The van der Waals surface area contributed by atoms with Gasteiger partial charge < -0.3 is 9.88 Å². The molecular formula is C14H11BrClN3S. The minimum atomic E-state index is 0.738. The molecule has 1 N–H and O–H groups in total. The third kappa shape index (κ3) is 2.90. The van der Waals surface area contributed by atoms with Crippen LogP contribution in [-0.2, 0) is 6.54 Å². The Morgan fingerprint density at radius 3 is 2.90 bits per heavy atom. The van der Waals surface area contributed by atoms with Gasteiger partial charge >= 0.3 is 0 Å². The highest BCUT2D eigenvalue weighted by molar-refractivity contribution is 9.10. The number of nitrogens with one attached hydrogen (secondary N) is 1. The topological polar surface area (TPSA) is 29.9 Å². The maximum Gasteiger partial charge on any atom is 0.107 e. The summed E-state index contributed by atoms with van der Waals surface area (Å²) in [6.07, 6.45) is 5.49. The van der Waals surface area contributed by atoms with Gasteiger partial charge in [-0.15, -0.1) is 11.3 Å². The number of thiophene rings is 1. The fourth-order valence-corrected chi connectivity index (χ4v) is 3.64. The molecule has 2 heterocycles. The van der Waals surface area contributed by atoms with Crippen LogP contribution < -0.4 is 5.32 Å². The lowest BCUT2D eigenvalue weighted by atomic mass is 10.2. The number of hydrogen-bond acceptors (Lipinski definition) is 3. The maximum atomic E-state index is 6.06. The van der Waals surface area contributed by atoms with Crippen molar-refractivity contribution < 1.29 is 0 Å². The summed E-state index contributed by atoms with van der Waals surface area (Å²) >= 11 is 11.1. The number of anilines is 1. The van der Waals surface area contributed by atoms with Gasteiger partial charge in [-0.2, -0.15) is 0 Å². The summed E-state index contributed by atoms with van der Waals surface area (Å²) in [7, 11) is 0. The lowest BCUT2D eigenvalue weighted by Gasteiger charge is -2.11. The molecule has 3 nitrogen and oxygen atoms in total. The molecule has 0 amide bonds. The van der Waals surface area contributed by atoms with E-state index in [9.17, 15) is 0 Å². The number of aromatic nitrogens is 2. The van der Waals surface area contributed by atoms with E-state index in [1.807, 2.05) is 29.0 Å². The fourth-order valence-electron chi connectivity index (χ4n) is 1.91. The minimum Gasteiger partial charge on any atom is -0.378 e. The number of benzene rings is 1. The highest BCUT2D eigenvalue weighted by Crippen LogP contribution is 2.32. The predicted molar refractivity (Wildman–Crippen MR) is 87.9 cm³/mol. The van der Waals surface area contributed by atoms with Crippen molar-refractivity contribution in [2.24, 2.45) is 0 Å². The van der Waals surface area contributed by atoms with Crippen LogP contribution in [0.15, 0.2) is 53.5 Å². The van der Waals surface area contributed by atoms with Gasteiger partial charge in [-0.25, -0.2) is 4.98 Å². The molecule has 0 aliphatic heterocycles. The zero-order valence-electron chi connectivity index (χ0n) is 10.4. The van der Waals surface area contributed by atoms with E-state index >= 15 is 0 Å². The number of hydrogen-bond donors (Lipinski definition) is 1. The molecule has 0 unspecified atom stereocenters. The van der Waals surface area contributed by atoms with Crippen molar-refractivity contribution in [1.29, 1.82) is 0 Å². The molecule has 0 fully saturated rings. The molecule has 6 heteroatoms. The Morgan fingerprint density at radius 2 is 2.20 bits per heavy atom. The van der Waals surface area contributed by atoms with Crippen molar-refractivity contribution >= 4 is 44.6 Å². The molecule has 0 atom stereocenters. The number of halogens is 2. The second kappa shape index (κ2) is 5.99. The number of rotatable bonds is 4. The highest BCUT2D eigenvalue weighted by Gasteiger charge is 2.06. The monoisotopic (exact) mass is 367 g/mol. The molecule has 20 heavy (non-hydrogen) atoms. The van der Waals surface area contributed by atoms with E-state index < -0.39 is 0 Å². The van der Waals surface area contributed by atoms with Gasteiger partial charge in [-0.05, 0) is 34.1 Å². The standard InChI is InChI=1S/C14H11BrClN3S/c15-11-7-10(20-14(11)16)8-18-12-3-1-2-4-13(12)19-6-5-17-9-19/h1-7,9,18H,8H2. The number of imidazole rings is 1. The fraction of sp³-hybridized carbons (Fsp3) is 0.0714. The van der Waals surface area contributed by atoms with Crippen molar-refractivity contribution in [2.75, 3.05) is 5.32 Å². The smallest absolute Gasteiger partial charge is 0.107 e. The second-order valence-electron chi connectivity index (χ2n) is 4.18. The highest BCUT2D eigenvalue weighted by atomic mass is 79.9. The lowest BCUT2D eigenvalue weighted by molar-refractivity contribution is 1.05. The van der Waals surface area contributed by atoms with Gasteiger partial charge in [-0.1, -0.05) is 23.7 Å². The molecule has 3 aromatic rings. The third-order valence-electron chi connectivity index (χ3n) is 2.84. The van der Waals surface area contributed by atoms with Crippen molar-refractivity contribution in [3.05, 3.63) is 62.7 Å². The van der Waals surface area contributed by atoms with Crippen LogP contribution in [0.1, 0.15) is 4.88 Å². The van der Waals surface area contributed by atoms with Gasteiger partial charge in [0, 0.05) is 28.3 Å². The summed E-state index contributed by atoms with van der Waals surface area (Å²) in [6, 6.07) is 10.2. The van der Waals surface area contributed by atoms with E-state index in [1.54, 1.807) is 23.9 Å². The quantitative estimate of drug-likeness (QED) is 0.705. The largest absolute Gasteiger partial charge is 0.378 e. The average Bonchev–Trinajstić information content (AvgIpc) is 3.08. The average molecular weight is 369 g/mol. The molecule has 1 aromatic carbocycles. The zero-order valence-corrected chi connectivity index (χ0v) is 13.5. The second-order valence-corrected chi connectivity index (χ2v) is 6.77. The summed E-state index contributed by atoms with van der Waals surface area (Å²) in [5.41, 5.74) is 2.14. The molecule has 2 aromatic heterocycles. The molecular weight excluding hydrogens is 358 g/mol. The van der Waals surface area contributed by atoms with Gasteiger partial charge in [0.15, 0.2) is 0 Å². The van der Waals surface area contributed by atoms with Crippen molar-refractivity contribution in [1.82, 2.24) is 9.55 Å². The Morgan fingerprint density at radius 1 is 1.35 bits per heavy atom. The predicted octanol–water partition coefficient (Wildman–Crippen LogP) is 4.96. The Labute approximate surface area is 134 Å². The molecule has 0 aliphatic rings. The van der Waals surface area contributed by atoms with Gasteiger partial charge in [-0.3, -0.25) is 0 Å². The number of nitrogens with zero attached hydrogens (tertiary/aromatic N) is 2. The van der Waals surface area contributed by atoms with E-state index in [0.717, 1.165) is 26.7 Å². The van der Waals surface area contributed by atoms with Crippen LogP contribution in [0, 0.1) is 0 Å². The van der Waals surface area contributed by atoms with Crippen molar-refractivity contribution in [3.63, 3.8) is 0 Å². The lowest BCUT2D eigenvalue weighted by Crippen LogP contribution is -2.02. The first-order valence-corrected chi connectivity index (χ1v) is 7.98. The molecule has 3 rings (SSSR count). The van der Waals surface area contributed by atoms with Gasteiger partial charge in [0.2, 0.25) is 0 Å². The van der Waals surface area contributed by atoms with Crippen LogP contribution in [0.2, 0.25) is 4.34 Å². The van der Waals surface area contributed by atoms with E-state index in [-0.39, 0.29) is 0 Å². The third-order valence-corrected chi connectivity index (χ3v) is 5.31. The summed E-state index contributed by atoms with van der Waals surface area (Å²) < 4.78 is 3.72. The summed E-state index contributed by atoms with van der Waals surface area (Å²) in [5.74, 6) is 0. The van der Waals surface area contributed by atoms with Crippen LogP contribution >= 0.6 is 38.9 Å². The van der Waals surface area contributed by atoms with Gasteiger partial charge in [0.1, 0.15) is 4.34 Å². The molecule has 0 saturated heterocycles. The van der Waals surface area contributed by atoms with Crippen LogP contribution in [0.3, 0.4) is 0 Å². The Balaban J connectivity index is 1.81. The molecule has 0 spiro atoms. The van der Waals surface area contributed by atoms with Crippen LogP contribution in [0.4, 0.5) is 5.69 Å². The van der Waals surface area contributed by atoms with E-state index in [0.29, 0.717) is 0 Å². The minimum absolute atomic E-state index is 0.738. The van der Waals surface area contributed by atoms with Crippen LogP contribution in [0.25, 0.3) is 5.69 Å². The number of para-hydroxylation sites is 2. The summed E-state index contributed by atoms with van der Waals surface area (Å²) in [4.78, 5) is 5.27. The van der Waals surface area contributed by atoms with Crippen LogP contribution in [0.5, 0.6) is 0 Å². The van der Waals surface area contributed by atoms with Crippen LogP contribution in [-0.4, -0.2) is 9.55 Å². The zero-order chi connectivity index (χ0) is 13.9. The molecule has 0 bridgehead atoms. The Hall–Kier alpha value is -1.30. The first-order chi connectivity index (χ1) is 9.74. The van der Waals surface area contributed by atoms with Crippen molar-refractivity contribution in [2.45, 2.75) is 6.54 Å². The molecule has 102 valence electrons. The molecule has 0 radical (unpaired) electrons. The van der Waals surface area contributed by atoms with Crippen molar-refractivity contribution in [3.8, 4) is 5.69 Å². The van der Waals surface area contributed by atoms with E-state index in [2.05, 4.69) is 38.4 Å². The Kier molecular flexibility index (Phi) is 4.10. The maximum absolute atomic E-state index is 6.06. The van der Waals surface area contributed by atoms with Gasteiger partial charge in [0.25, 0.3) is 0 Å². The van der Waals surface area contributed by atoms with E-state index in [4.69, 9.17) is 11.6 Å². The Bertz CT molecular complexity index is 690. The van der Waals surface area contributed by atoms with E-state index in [1.165, 1.54) is 4.88 Å².